The van der Waals surface area contributed by atoms with Gasteiger partial charge < -0.3 is 10.2 Å². The Kier molecular flexibility index (Phi) is 5.76. The molecule has 21 heavy (non-hydrogen) atoms. The summed E-state index contributed by atoms with van der Waals surface area (Å²) in [5, 5.41) is 3.63. The second kappa shape index (κ2) is 7.79. The van der Waals surface area contributed by atoms with E-state index in [1.54, 1.807) is 0 Å². The van der Waals surface area contributed by atoms with Gasteiger partial charge in [-0.3, -0.25) is 4.98 Å². The van der Waals surface area contributed by atoms with Gasteiger partial charge in [-0.25, -0.2) is 0 Å². The molecule has 0 aliphatic carbocycles. The van der Waals surface area contributed by atoms with Gasteiger partial charge in [-0.05, 0) is 42.8 Å². The third-order valence-corrected chi connectivity index (χ3v) is 3.59. The molecule has 1 atom stereocenters. The Morgan fingerprint density at radius 3 is 2.43 bits per heavy atom. The van der Waals surface area contributed by atoms with Crippen LogP contribution in [0.15, 0.2) is 48.7 Å². The molecule has 1 heterocycles. The topological polar surface area (TPSA) is 28.2 Å². The van der Waals surface area contributed by atoms with E-state index in [4.69, 9.17) is 0 Å². The summed E-state index contributed by atoms with van der Waals surface area (Å²) in [7, 11) is 4.13. The molecule has 0 bridgehead atoms. The van der Waals surface area contributed by atoms with Crippen LogP contribution in [0.3, 0.4) is 0 Å². The normalized spacial score (nSPS) is 12.1. The van der Waals surface area contributed by atoms with Gasteiger partial charge in [0.25, 0.3) is 0 Å². The molecule has 112 valence electrons. The number of hydrogen-bond acceptors (Lipinski definition) is 3. The molecular weight excluding hydrogens is 258 g/mol. The zero-order valence-corrected chi connectivity index (χ0v) is 13.2. The second-order valence-corrected chi connectivity index (χ2v) is 5.52. The van der Waals surface area contributed by atoms with Gasteiger partial charge in [0.1, 0.15) is 0 Å². The fourth-order valence-corrected chi connectivity index (χ4v) is 2.36. The third-order valence-electron chi connectivity index (χ3n) is 3.59. The van der Waals surface area contributed by atoms with Crippen LogP contribution >= 0.6 is 0 Å². The largest absolute Gasteiger partial charge is 0.378 e. The number of rotatable bonds is 7. The van der Waals surface area contributed by atoms with Gasteiger partial charge in [0.2, 0.25) is 0 Å². The molecular formula is C18H25N3. The Morgan fingerprint density at radius 2 is 1.86 bits per heavy atom. The van der Waals surface area contributed by atoms with Crippen LogP contribution < -0.4 is 10.2 Å². The molecule has 2 rings (SSSR count). The molecule has 0 spiro atoms. The maximum atomic E-state index is 4.45. The summed E-state index contributed by atoms with van der Waals surface area (Å²) in [6.45, 7) is 3.22. The van der Waals surface area contributed by atoms with Crippen molar-refractivity contribution in [2.45, 2.75) is 25.8 Å². The highest BCUT2D eigenvalue weighted by Gasteiger charge is 2.12. The number of nitrogens with zero attached hydrogens (tertiary/aromatic N) is 2. The summed E-state index contributed by atoms with van der Waals surface area (Å²) in [4.78, 5) is 6.57. The van der Waals surface area contributed by atoms with Crippen LogP contribution in [0.25, 0.3) is 0 Å². The lowest BCUT2D eigenvalue weighted by Crippen LogP contribution is -2.24. The molecule has 0 aliphatic rings. The van der Waals surface area contributed by atoms with E-state index in [0.29, 0.717) is 6.04 Å². The SMILES string of the molecule is CCCNC(Cc1ccccn1)c1ccc(N(C)C)cc1. The summed E-state index contributed by atoms with van der Waals surface area (Å²) in [6.07, 6.45) is 3.91. The number of pyridine rings is 1. The van der Waals surface area contributed by atoms with E-state index in [-0.39, 0.29) is 0 Å². The van der Waals surface area contributed by atoms with Crippen molar-refractivity contribution >= 4 is 5.69 Å². The predicted octanol–water partition coefficient (Wildman–Crippen LogP) is 3.43. The summed E-state index contributed by atoms with van der Waals surface area (Å²) >= 11 is 0. The Morgan fingerprint density at radius 1 is 1.10 bits per heavy atom. The molecule has 1 aromatic heterocycles. The Hall–Kier alpha value is -1.87. The second-order valence-electron chi connectivity index (χ2n) is 5.52. The number of nitrogens with one attached hydrogen (secondary N) is 1. The molecule has 1 aromatic carbocycles. The summed E-state index contributed by atoms with van der Waals surface area (Å²) in [6, 6.07) is 15.2. The van der Waals surface area contributed by atoms with Crippen LogP contribution in [0.1, 0.15) is 30.6 Å². The Balaban J connectivity index is 2.14. The van der Waals surface area contributed by atoms with Crippen molar-refractivity contribution in [1.29, 1.82) is 0 Å². The van der Waals surface area contributed by atoms with Gasteiger partial charge >= 0.3 is 0 Å². The standard InChI is InChI=1S/C18H25N3/c1-4-12-20-18(14-16-7-5-6-13-19-16)15-8-10-17(11-9-15)21(2)3/h5-11,13,18,20H,4,12,14H2,1-3H3. The molecule has 3 heteroatoms. The third kappa shape index (κ3) is 4.57. The summed E-state index contributed by atoms with van der Waals surface area (Å²) < 4.78 is 0. The van der Waals surface area contributed by atoms with Gasteiger partial charge in [0, 0.05) is 44.1 Å². The minimum Gasteiger partial charge on any atom is -0.378 e. The van der Waals surface area contributed by atoms with Gasteiger partial charge in [-0.2, -0.15) is 0 Å². The van der Waals surface area contributed by atoms with E-state index in [0.717, 1.165) is 25.1 Å². The van der Waals surface area contributed by atoms with Crippen LogP contribution in [0.4, 0.5) is 5.69 Å². The highest BCUT2D eigenvalue weighted by atomic mass is 15.1. The van der Waals surface area contributed by atoms with E-state index in [1.807, 2.05) is 18.3 Å². The van der Waals surface area contributed by atoms with E-state index in [1.165, 1.54) is 11.3 Å². The maximum absolute atomic E-state index is 4.45. The molecule has 0 radical (unpaired) electrons. The van der Waals surface area contributed by atoms with E-state index in [9.17, 15) is 0 Å². The van der Waals surface area contributed by atoms with Gasteiger partial charge in [-0.15, -0.1) is 0 Å². The molecule has 0 fully saturated rings. The van der Waals surface area contributed by atoms with Gasteiger partial charge in [-0.1, -0.05) is 25.1 Å². The number of aromatic nitrogens is 1. The lowest BCUT2D eigenvalue weighted by molar-refractivity contribution is 0.524. The maximum Gasteiger partial charge on any atom is 0.0422 e. The highest BCUT2D eigenvalue weighted by Crippen LogP contribution is 2.21. The minimum absolute atomic E-state index is 0.316. The van der Waals surface area contributed by atoms with Crippen molar-refractivity contribution in [3.8, 4) is 0 Å². The smallest absolute Gasteiger partial charge is 0.0422 e. The lowest BCUT2D eigenvalue weighted by atomic mass is 10.0. The van der Waals surface area contributed by atoms with Crippen molar-refractivity contribution in [3.63, 3.8) is 0 Å². The first-order chi connectivity index (χ1) is 10.2. The predicted molar refractivity (Wildman–Crippen MR) is 89.7 cm³/mol. The molecule has 3 nitrogen and oxygen atoms in total. The van der Waals surface area contributed by atoms with Crippen LogP contribution in [0, 0.1) is 0 Å². The highest BCUT2D eigenvalue weighted by molar-refractivity contribution is 5.46. The van der Waals surface area contributed by atoms with Crippen molar-refractivity contribution in [1.82, 2.24) is 10.3 Å². The van der Waals surface area contributed by atoms with E-state index in [2.05, 4.69) is 66.6 Å². The van der Waals surface area contributed by atoms with E-state index >= 15 is 0 Å². The Bertz CT molecular complexity index is 520. The van der Waals surface area contributed by atoms with Crippen LogP contribution in [-0.4, -0.2) is 25.6 Å². The molecule has 0 amide bonds. The van der Waals surface area contributed by atoms with Crippen molar-refractivity contribution < 1.29 is 0 Å². The fourth-order valence-electron chi connectivity index (χ4n) is 2.36. The van der Waals surface area contributed by atoms with Crippen molar-refractivity contribution in [3.05, 3.63) is 59.9 Å². The summed E-state index contributed by atoms with van der Waals surface area (Å²) in [5.74, 6) is 0. The minimum atomic E-state index is 0.316. The molecule has 0 aliphatic heterocycles. The van der Waals surface area contributed by atoms with Gasteiger partial charge in [0.05, 0.1) is 0 Å². The molecule has 1 unspecified atom stereocenters. The quantitative estimate of drug-likeness (QED) is 0.844. The first-order valence-electron chi connectivity index (χ1n) is 7.61. The van der Waals surface area contributed by atoms with E-state index < -0.39 is 0 Å². The van der Waals surface area contributed by atoms with Crippen LogP contribution in [0.5, 0.6) is 0 Å². The van der Waals surface area contributed by atoms with Crippen molar-refractivity contribution in [2.24, 2.45) is 0 Å². The zero-order chi connectivity index (χ0) is 15.1. The average Bonchev–Trinajstić information content (AvgIpc) is 2.52. The average molecular weight is 283 g/mol. The number of benzene rings is 1. The number of hydrogen-bond donors (Lipinski definition) is 1. The Labute approximate surface area is 128 Å². The lowest BCUT2D eigenvalue weighted by Gasteiger charge is -2.20. The molecule has 2 aromatic rings. The zero-order valence-electron chi connectivity index (χ0n) is 13.2. The fraction of sp³-hybridized carbons (Fsp3) is 0.389. The monoisotopic (exact) mass is 283 g/mol. The molecule has 0 saturated heterocycles. The molecule has 1 N–H and O–H groups in total. The molecule has 0 saturated carbocycles. The summed E-state index contributed by atoms with van der Waals surface area (Å²) in [5.41, 5.74) is 3.67. The van der Waals surface area contributed by atoms with Gasteiger partial charge in [0.15, 0.2) is 0 Å². The first kappa shape index (κ1) is 15.5. The number of anilines is 1. The van der Waals surface area contributed by atoms with Crippen molar-refractivity contribution in [2.75, 3.05) is 25.5 Å². The van der Waals surface area contributed by atoms with Crippen LogP contribution in [0.2, 0.25) is 0 Å². The van der Waals surface area contributed by atoms with Crippen LogP contribution in [-0.2, 0) is 6.42 Å². The first-order valence-corrected chi connectivity index (χ1v) is 7.61.